The molecule has 10 heteroatoms. The standard InChI is InChI=1S/C18H24BrF4N3O2/c1-13(17(27)24-16-4-3-14(19)11-15(16)20)26-8-6-25(7-9-26)5-2-10-28-12-18(21,22)23/h3-4,11,13H,2,5-10,12H2,1H3,(H,24,27). The van der Waals surface area contributed by atoms with Gasteiger partial charge in [0.25, 0.3) is 0 Å². The summed E-state index contributed by atoms with van der Waals surface area (Å²) in [6.45, 7) is 4.00. The molecule has 0 radical (unpaired) electrons. The van der Waals surface area contributed by atoms with Gasteiger partial charge < -0.3 is 15.0 Å². The van der Waals surface area contributed by atoms with E-state index in [1.54, 1.807) is 13.0 Å². The Hall–Kier alpha value is -1.23. The molecule has 1 heterocycles. The van der Waals surface area contributed by atoms with E-state index in [9.17, 15) is 22.4 Å². The summed E-state index contributed by atoms with van der Waals surface area (Å²) in [7, 11) is 0. The Morgan fingerprint density at radius 1 is 1.29 bits per heavy atom. The minimum absolute atomic E-state index is 0.0668. The van der Waals surface area contributed by atoms with Crippen LogP contribution in [-0.4, -0.2) is 73.9 Å². The summed E-state index contributed by atoms with van der Waals surface area (Å²) in [6, 6.07) is 4.03. The van der Waals surface area contributed by atoms with Gasteiger partial charge in [-0.25, -0.2) is 4.39 Å². The van der Waals surface area contributed by atoms with Gasteiger partial charge >= 0.3 is 6.18 Å². The van der Waals surface area contributed by atoms with Crippen LogP contribution in [0, 0.1) is 5.82 Å². The first-order chi connectivity index (χ1) is 13.2. The zero-order valence-corrected chi connectivity index (χ0v) is 17.2. The Morgan fingerprint density at radius 2 is 1.96 bits per heavy atom. The summed E-state index contributed by atoms with van der Waals surface area (Å²) in [5, 5.41) is 2.61. The summed E-state index contributed by atoms with van der Waals surface area (Å²) >= 11 is 3.17. The predicted octanol–water partition coefficient (Wildman–Crippen LogP) is 3.50. The number of anilines is 1. The Labute approximate surface area is 170 Å². The van der Waals surface area contributed by atoms with E-state index >= 15 is 0 Å². The van der Waals surface area contributed by atoms with Gasteiger partial charge in [-0.3, -0.25) is 9.69 Å². The van der Waals surface area contributed by atoms with Crippen molar-refractivity contribution in [3.63, 3.8) is 0 Å². The van der Waals surface area contributed by atoms with Crippen LogP contribution in [0.5, 0.6) is 0 Å². The van der Waals surface area contributed by atoms with Gasteiger partial charge in [0, 0.05) is 43.8 Å². The number of hydrogen-bond donors (Lipinski definition) is 1. The van der Waals surface area contributed by atoms with E-state index in [-0.39, 0.29) is 18.2 Å². The van der Waals surface area contributed by atoms with Crippen LogP contribution in [0.15, 0.2) is 22.7 Å². The summed E-state index contributed by atoms with van der Waals surface area (Å²) in [4.78, 5) is 16.5. The number of nitrogens with one attached hydrogen (secondary N) is 1. The van der Waals surface area contributed by atoms with Crippen LogP contribution in [0.2, 0.25) is 0 Å². The van der Waals surface area contributed by atoms with Gasteiger partial charge in [0.2, 0.25) is 5.91 Å². The molecule has 1 fully saturated rings. The quantitative estimate of drug-likeness (QED) is 0.467. The fourth-order valence-corrected chi connectivity index (χ4v) is 3.28. The molecular formula is C18H24BrF4N3O2. The SMILES string of the molecule is CC(C(=O)Nc1ccc(Br)cc1F)N1CCN(CCCOCC(F)(F)F)CC1. The monoisotopic (exact) mass is 469 g/mol. The lowest BCUT2D eigenvalue weighted by molar-refractivity contribution is -0.174. The Bertz CT molecular complexity index is 652. The van der Waals surface area contributed by atoms with E-state index in [4.69, 9.17) is 0 Å². The third-order valence-corrected chi connectivity index (χ3v) is 5.05. The van der Waals surface area contributed by atoms with E-state index < -0.39 is 24.6 Å². The molecule has 5 nitrogen and oxygen atoms in total. The number of carbonyl (C=O) groups is 1. The lowest BCUT2D eigenvalue weighted by Gasteiger charge is -2.37. The summed E-state index contributed by atoms with van der Waals surface area (Å²) < 4.78 is 55.1. The van der Waals surface area contributed by atoms with Gasteiger partial charge in [0.05, 0.1) is 11.7 Å². The summed E-state index contributed by atoms with van der Waals surface area (Å²) in [6.07, 6.45) is -3.77. The number of halogens is 5. The Kier molecular flexibility index (Phi) is 8.66. The number of amides is 1. The summed E-state index contributed by atoms with van der Waals surface area (Å²) in [5.41, 5.74) is 0.137. The highest BCUT2D eigenvalue weighted by atomic mass is 79.9. The fourth-order valence-electron chi connectivity index (χ4n) is 2.95. The highest BCUT2D eigenvalue weighted by Crippen LogP contribution is 2.20. The maximum absolute atomic E-state index is 13.9. The maximum Gasteiger partial charge on any atom is 0.411 e. The molecule has 0 spiro atoms. The minimum atomic E-state index is -4.29. The second kappa shape index (κ2) is 10.5. The Balaban J connectivity index is 1.69. The molecule has 1 amide bonds. The van der Waals surface area contributed by atoms with E-state index in [0.29, 0.717) is 43.6 Å². The number of hydrogen-bond acceptors (Lipinski definition) is 4. The van der Waals surface area contributed by atoms with Crippen LogP contribution in [0.1, 0.15) is 13.3 Å². The van der Waals surface area contributed by atoms with Crippen LogP contribution in [-0.2, 0) is 9.53 Å². The topological polar surface area (TPSA) is 44.8 Å². The van der Waals surface area contributed by atoms with Crippen molar-refractivity contribution < 1.29 is 27.1 Å². The number of rotatable bonds is 8. The lowest BCUT2D eigenvalue weighted by atomic mass is 10.2. The molecule has 1 atom stereocenters. The molecule has 158 valence electrons. The van der Waals surface area contributed by atoms with E-state index in [2.05, 4.69) is 30.9 Å². The van der Waals surface area contributed by atoms with Gasteiger partial charge in [0.1, 0.15) is 12.4 Å². The molecule has 1 aromatic carbocycles. The molecule has 0 aliphatic carbocycles. The van der Waals surface area contributed by atoms with E-state index in [0.717, 1.165) is 0 Å². The molecular weight excluding hydrogens is 446 g/mol. The smallest absolute Gasteiger partial charge is 0.372 e. The van der Waals surface area contributed by atoms with E-state index in [1.807, 2.05) is 4.90 Å². The van der Waals surface area contributed by atoms with Crippen molar-refractivity contribution in [1.82, 2.24) is 9.80 Å². The normalized spacial score (nSPS) is 17.5. The molecule has 1 aliphatic rings. The fraction of sp³-hybridized carbons (Fsp3) is 0.611. The number of alkyl halides is 3. The number of ether oxygens (including phenoxy) is 1. The third kappa shape index (κ3) is 7.65. The summed E-state index contributed by atoms with van der Waals surface area (Å²) in [5.74, 6) is -0.789. The van der Waals surface area contributed by atoms with Gasteiger partial charge in [-0.1, -0.05) is 15.9 Å². The first-order valence-corrected chi connectivity index (χ1v) is 9.82. The van der Waals surface area contributed by atoms with Crippen molar-refractivity contribution in [1.29, 1.82) is 0 Å². The van der Waals surface area contributed by atoms with Crippen LogP contribution < -0.4 is 5.32 Å². The van der Waals surface area contributed by atoms with Crippen molar-refractivity contribution in [2.24, 2.45) is 0 Å². The van der Waals surface area contributed by atoms with E-state index in [1.165, 1.54) is 12.1 Å². The zero-order valence-electron chi connectivity index (χ0n) is 15.6. The number of benzene rings is 1. The van der Waals surface area contributed by atoms with Gasteiger partial charge in [-0.2, -0.15) is 13.2 Å². The van der Waals surface area contributed by atoms with Gasteiger partial charge in [-0.15, -0.1) is 0 Å². The van der Waals surface area contributed by atoms with Crippen molar-refractivity contribution in [2.75, 3.05) is 51.3 Å². The first kappa shape index (κ1) is 23.1. The highest BCUT2D eigenvalue weighted by molar-refractivity contribution is 9.10. The average Bonchev–Trinajstić information content (AvgIpc) is 2.62. The van der Waals surface area contributed by atoms with Crippen molar-refractivity contribution >= 4 is 27.5 Å². The molecule has 28 heavy (non-hydrogen) atoms. The first-order valence-electron chi connectivity index (χ1n) is 9.02. The van der Waals surface area contributed by atoms with Crippen LogP contribution in [0.4, 0.5) is 23.2 Å². The molecule has 1 N–H and O–H groups in total. The van der Waals surface area contributed by atoms with Crippen molar-refractivity contribution in [3.8, 4) is 0 Å². The lowest BCUT2D eigenvalue weighted by Crippen LogP contribution is -2.52. The molecule has 0 bridgehead atoms. The van der Waals surface area contributed by atoms with Gasteiger partial charge in [0.15, 0.2) is 0 Å². The second-order valence-corrected chi connectivity index (χ2v) is 7.60. The zero-order chi connectivity index (χ0) is 20.7. The number of piperazine rings is 1. The molecule has 0 saturated carbocycles. The largest absolute Gasteiger partial charge is 0.411 e. The molecule has 1 aromatic rings. The van der Waals surface area contributed by atoms with Crippen molar-refractivity contribution in [3.05, 3.63) is 28.5 Å². The molecule has 2 rings (SSSR count). The number of nitrogens with zero attached hydrogens (tertiary/aromatic N) is 2. The van der Waals surface area contributed by atoms with Crippen molar-refractivity contribution in [2.45, 2.75) is 25.6 Å². The average molecular weight is 470 g/mol. The number of carbonyl (C=O) groups excluding carboxylic acids is 1. The molecule has 0 aromatic heterocycles. The van der Waals surface area contributed by atoms with Gasteiger partial charge in [-0.05, 0) is 31.5 Å². The molecule has 1 unspecified atom stereocenters. The third-order valence-electron chi connectivity index (χ3n) is 4.55. The second-order valence-electron chi connectivity index (χ2n) is 6.69. The maximum atomic E-state index is 13.9. The van der Waals surface area contributed by atoms with Crippen LogP contribution in [0.25, 0.3) is 0 Å². The molecule has 1 aliphatic heterocycles. The minimum Gasteiger partial charge on any atom is -0.372 e. The van der Waals surface area contributed by atoms with Crippen LogP contribution >= 0.6 is 15.9 Å². The Morgan fingerprint density at radius 3 is 2.57 bits per heavy atom. The highest BCUT2D eigenvalue weighted by Gasteiger charge is 2.28. The molecule has 1 saturated heterocycles. The van der Waals surface area contributed by atoms with Crippen LogP contribution in [0.3, 0.4) is 0 Å². The predicted molar refractivity (Wildman–Crippen MR) is 102 cm³/mol.